The molecule has 1 aromatic carbocycles. The van der Waals surface area contributed by atoms with Crippen LogP contribution in [-0.4, -0.2) is 17.8 Å². The van der Waals surface area contributed by atoms with Gasteiger partial charge >= 0.3 is 6.03 Å². The SMILES string of the molecule is O=C1NC(=O)C2(CCC2)C(=O)N1c1cccc(I)c1. The largest absolute Gasteiger partial charge is 0.335 e. The maximum absolute atomic E-state index is 12.5. The molecule has 1 saturated carbocycles. The highest BCUT2D eigenvalue weighted by molar-refractivity contribution is 14.1. The Kier molecular flexibility index (Phi) is 2.84. The highest BCUT2D eigenvalue weighted by Gasteiger charge is 2.57. The van der Waals surface area contributed by atoms with E-state index >= 15 is 0 Å². The lowest BCUT2D eigenvalue weighted by Gasteiger charge is -2.44. The quantitative estimate of drug-likeness (QED) is 0.608. The van der Waals surface area contributed by atoms with E-state index < -0.39 is 23.3 Å². The average molecular weight is 370 g/mol. The Labute approximate surface area is 123 Å². The molecule has 0 bridgehead atoms. The summed E-state index contributed by atoms with van der Waals surface area (Å²) < 4.78 is 0.926. The van der Waals surface area contributed by atoms with Crippen LogP contribution in [0.1, 0.15) is 19.3 Å². The number of imide groups is 2. The van der Waals surface area contributed by atoms with Gasteiger partial charge < -0.3 is 0 Å². The van der Waals surface area contributed by atoms with Gasteiger partial charge in [0.05, 0.1) is 5.69 Å². The second-order valence-corrected chi connectivity index (χ2v) is 6.06. The van der Waals surface area contributed by atoms with Crippen molar-refractivity contribution in [2.24, 2.45) is 5.41 Å². The van der Waals surface area contributed by atoms with E-state index in [0.717, 1.165) is 14.9 Å². The Bertz CT molecular complexity index is 595. The molecule has 98 valence electrons. The first-order valence-electron chi connectivity index (χ1n) is 6.00. The van der Waals surface area contributed by atoms with Gasteiger partial charge in [-0.15, -0.1) is 0 Å². The Balaban J connectivity index is 2.03. The third-order valence-electron chi connectivity index (χ3n) is 3.74. The van der Waals surface area contributed by atoms with E-state index in [-0.39, 0.29) is 0 Å². The second kappa shape index (κ2) is 4.29. The van der Waals surface area contributed by atoms with Crippen molar-refractivity contribution in [3.8, 4) is 0 Å². The van der Waals surface area contributed by atoms with Gasteiger partial charge in [0.2, 0.25) is 5.91 Å². The minimum atomic E-state index is -1.02. The minimum Gasteiger partial charge on any atom is -0.276 e. The fourth-order valence-electron chi connectivity index (χ4n) is 2.50. The topological polar surface area (TPSA) is 66.5 Å². The molecule has 2 aliphatic rings. The molecule has 0 unspecified atom stereocenters. The monoisotopic (exact) mass is 370 g/mol. The van der Waals surface area contributed by atoms with E-state index in [2.05, 4.69) is 27.9 Å². The number of nitrogens with zero attached hydrogens (tertiary/aromatic N) is 1. The van der Waals surface area contributed by atoms with Gasteiger partial charge in [-0.25, -0.2) is 9.69 Å². The summed E-state index contributed by atoms with van der Waals surface area (Å²) in [6, 6.07) is 6.44. The van der Waals surface area contributed by atoms with Crippen molar-refractivity contribution in [3.63, 3.8) is 0 Å². The van der Waals surface area contributed by atoms with Gasteiger partial charge in [-0.1, -0.05) is 12.5 Å². The lowest BCUT2D eigenvalue weighted by atomic mass is 9.66. The molecular formula is C13H11IN2O3. The number of benzene rings is 1. The van der Waals surface area contributed by atoms with Crippen molar-refractivity contribution in [1.82, 2.24) is 5.32 Å². The number of halogens is 1. The number of urea groups is 1. The molecule has 2 fully saturated rings. The lowest BCUT2D eigenvalue weighted by Crippen LogP contribution is -2.66. The van der Waals surface area contributed by atoms with Crippen molar-refractivity contribution >= 4 is 46.1 Å². The van der Waals surface area contributed by atoms with Gasteiger partial charge in [0, 0.05) is 3.57 Å². The molecule has 0 aromatic heterocycles. The lowest BCUT2D eigenvalue weighted by molar-refractivity contribution is -0.148. The van der Waals surface area contributed by atoms with Crippen LogP contribution in [0, 0.1) is 8.99 Å². The molecule has 1 aliphatic carbocycles. The van der Waals surface area contributed by atoms with Crippen LogP contribution in [0.4, 0.5) is 10.5 Å². The number of carbonyl (C=O) groups excluding carboxylic acids is 3. The van der Waals surface area contributed by atoms with Crippen LogP contribution in [0.15, 0.2) is 24.3 Å². The van der Waals surface area contributed by atoms with Gasteiger partial charge in [0.25, 0.3) is 5.91 Å². The number of anilines is 1. The van der Waals surface area contributed by atoms with Gasteiger partial charge in [-0.2, -0.15) is 0 Å². The van der Waals surface area contributed by atoms with Crippen LogP contribution in [0.2, 0.25) is 0 Å². The zero-order valence-electron chi connectivity index (χ0n) is 9.98. The number of carbonyl (C=O) groups is 3. The van der Waals surface area contributed by atoms with Gasteiger partial charge in [0.15, 0.2) is 0 Å². The summed E-state index contributed by atoms with van der Waals surface area (Å²) in [6.45, 7) is 0. The highest BCUT2D eigenvalue weighted by atomic mass is 127. The maximum atomic E-state index is 12.5. The zero-order valence-corrected chi connectivity index (χ0v) is 12.1. The molecule has 1 spiro atoms. The predicted octanol–water partition coefficient (Wildman–Crippen LogP) is 2.04. The van der Waals surface area contributed by atoms with E-state index in [1.165, 1.54) is 0 Å². The number of nitrogens with one attached hydrogen (secondary N) is 1. The first-order chi connectivity index (χ1) is 9.04. The first kappa shape index (κ1) is 12.6. The maximum Gasteiger partial charge on any atom is 0.335 e. The molecule has 4 amide bonds. The van der Waals surface area contributed by atoms with Crippen molar-refractivity contribution in [2.75, 3.05) is 4.90 Å². The number of amides is 4. The summed E-state index contributed by atoms with van der Waals surface area (Å²) in [4.78, 5) is 37.4. The minimum absolute atomic E-state index is 0.394. The van der Waals surface area contributed by atoms with Crippen LogP contribution >= 0.6 is 22.6 Å². The molecular weight excluding hydrogens is 359 g/mol. The summed E-state index contributed by atoms with van der Waals surface area (Å²) in [7, 11) is 0. The summed E-state index contributed by atoms with van der Waals surface area (Å²) in [5, 5.41) is 2.30. The van der Waals surface area contributed by atoms with Gasteiger partial charge in [0.1, 0.15) is 5.41 Å². The smallest absolute Gasteiger partial charge is 0.276 e. The van der Waals surface area contributed by atoms with Crippen LogP contribution in [0.3, 0.4) is 0 Å². The molecule has 6 heteroatoms. The van der Waals surface area contributed by atoms with Crippen LogP contribution < -0.4 is 10.2 Å². The summed E-state index contributed by atoms with van der Waals surface area (Å²) >= 11 is 2.12. The molecule has 1 saturated heterocycles. The van der Waals surface area contributed by atoms with Crippen molar-refractivity contribution in [3.05, 3.63) is 27.8 Å². The number of rotatable bonds is 1. The Morgan fingerprint density at radius 3 is 2.53 bits per heavy atom. The Hall–Kier alpha value is -1.44. The van der Waals surface area contributed by atoms with E-state index in [0.29, 0.717) is 18.5 Å². The number of hydrogen-bond donors (Lipinski definition) is 1. The number of barbiturate groups is 1. The fraction of sp³-hybridized carbons (Fsp3) is 0.308. The molecule has 3 rings (SSSR count). The van der Waals surface area contributed by atoms with E-state index in [4.69, 9.17) is 0 Å². The zero-order chi connectivity index (χ0) is 13.6. The van der Waals surface area contributed by atoms with Gasteiger partial charge in [-0.3, -0.25) is 14.9 Å². The van der Waals surface area contributed by atoms with Crippen molar-refractivity contribution in [2.45, 2.75) is 19.3 Å². The third kappa shape index (κ3) is 1.77. The molecule has 1 heterocycles. The van der Waals surface area contributed by atoms with Crippen LogP contribution in [-0.2, 0) is 9.59 Å². The second-order valence-electron chi connectivity index (χ2n) is 4.82. The summed E-state index contributed by atoms with van der Waals surface area (Å²) in [5.41, 5.74) is -0.511. The predicted molar refractivity (Wildman–Crippen MR) is 76.5 cm³/mol. The first-order valence-corrected chi connectivity index (χ1v) is 7.08. The molecule has 1 N–H and O–H groups in total. The highest BCUT2D eigenvalue weighted by Crippen LogP contribution is 2.45. The molecule has 1 aliphatic heterocycles. The summed E-state index contributed by atoms with van der Waals surface area (Å²) in [5.74, 6) is -0.842. The molecule has 19 heavy (non-hydrogen) atoms. The van der Waals surface area contributed by atoms with Crippen molar-refractivity contribution in [1.29, 1.82) is 0 Å². The normalized spacial score (nSPS) is 21.3. The average Bonchev–Trinajstić information content (AvgIpc) is 2.26. The third-order valence-corrected chi connectivity index (χ3v) is 4.42. The van der Waals surface area contributed by atoms with E-state index in [1.54, 1.807) is 18.2 Å². The molecule has 5 nitrogen and oxygen atoms in total. The standard InChI is InChI=1S/C13H11IN2O3/c14-8-3-1-4-9(7-8)16-11(18)13(5-2-6-13)10(17)15-12(16)19/h1,3-4,7H,2,5-6H2,(H,15,17,19). The molecule has 1 aromatic rings. The molecule has 0 atom stereocenters. The van der Waals surface area contributed by atoms with Crippen molar-refractivity contribution < 1.29 is 14.4 Å². The molecule has 0 radical (unpaired) electrons. The van der Waals surface area contributed by atoms with E-state index in [9.17, 15) is 14.4 Å². The Morgan fingerprint density at radius 1 is 1.21 bits per heavy atom. The van der Waals surface area contributed by atoms with Crippen LogP contribution in [0.25, 0.3) is 0 Å². The number of hydrogen-bond acceptors (Lipinski definition) is 3. The van der Waals surface area contributed by atoms with Gasteiger partial charge in [-0.05, 0) is 53.6 Å². The van der Waals surface area contributed by atoms with E-state index in [1.807, 2.05) is 6.07 Å². The Morgan fingerprint density at radius 2 is 1.95 bits per heavy atom. The fourth-order valence-corrected chi connectivity index (χ4v) is 3.02. The van der Waals surface area contributed by atoms with Crippen LogP contribution in [0.5, 0.6) is 0 Å². The summed E-state index contributed by atoms with van der Waals surface area (Å²) in [6.07, 6.45) is 1.88.